The summed E-state index contributed by atoms with van der Waals surface area (Å²) in [5, 5.41) is 7.01. The summed E-state index contributed by atoms with van der Waals surface area (Å²) in [5.74, 6) is 1.93. The number of nitrogens with zero attached hydrogens (tertiary/aromatic N) is 4. The molecule has 0 amide bonds. The van der Waals surface area contributed by atoms with Gasteiger partial charge in [-0.05, 0) is 51.3 Å². The van der Waals surface area contributed by atoms with E-state index in [2.05, 4.69) is 58.3 Å². The quantitative estimate of drug-likeness (QED) is 0.539. The van der Waals surface area contributed by atoms with Crippen LogP contribution in [0.2, 0.25) is 0 Å². The monoisotopic (exact) mass is 402 g/mol. The first-order valence-corrected chi connectivity index (χ1v) is 11.3. The van der Waals surface area contributed by atoms with Crippen LogP contribution in [-0.2, 0) is 11.3 Å². The molecule has 0 radical (unpaired) electrons. The average Bonchev–Trinajstić information content (AvgIpc) is 2.74. The van der Waals surface area contributed by atoms with Crippen molar-refractivity contribution >= 4 is 11.8 Å². The van der Waals surface area contributed by atoms with E-state index in [1.165, 1.54) is 38.9 Å². The molecule has 3 rings (SSSR count). The Balaban J connectivity index is 1.52. The van der Waals surface area contributed by atoms with Crippen LogP contribution in [0.4, 0.5) is 5.82 Å². The lowest BCUT2D eigenvalue weighted by Crippen LogP contribution is -2.48. The SMILES string of the molecule is CCCN1CCC(NC(=NCc2ccc(N3CCOC(C)C3)nc2)NCC)CC1. The molecule has 1 atom stereocenters. The van der Waals surface area contributed by atoms with Crippen LogP contribution in [0.3, 0.4) is 0 Å². The number of hydrogen-bond donors (Lipinski definition) is 2. The largest absolute Gasteiger partial charge is 0.375 e. The fourth-order valence-corrected chi connectivity index (χ4v) is 4.02. The highest BCUT2D eigenvalue weighted by Crippen LogP contribution is 2.16. The number of aliphatic imine (C=N–C) groups is 1. The minimum atomic E-state index is 0.261. The van der Waals surface area contributed by atoms with Gasteiger partial charge in [0.05, 0.1) is 19.3 Å². The van der Waals surface area contributed by atoms with E-state index in [-0.39, 0.29) is 6.10 Å². The zero-order chi connectivity index (χ0) is 20.5. The molecule has 7 heteroatoms. The van der Waals surface area contributed by atoms with Crippen molar-refractivity contribution in [1.82, 2.24) is 20.5 Å². The zero-order valence-corrected chi connectivity index (χ0v) is 18.4. The molecule has 1 aromatic rings. The molecule has 7 nitrogen and oxygen atoms in total. The average molecular weight is 403 g/mol. The summed E-state index contributed by atoms with van der Waals surface area (Å²) in [6.07, 6.45) is 5.81. The Morgan fingerprint density at radius 1 is 1.24 bits per heavy atom. The molecule has 0 aliphatic carbocycles. The molecule has 2 fully saturated rings. The minimum absolute atomic E-state index is 0.261. The van der Waals surface area contributed by atoms with Crippen molar-refractivity contribution in [2.45, 2.75) is 58.7 Å². The Morgan fingerprint density at radius 3 is 2.72 bits per heavy atom. The third-order valence-corrected chi connectivity index (χ3v) is 5.61. The number of guanidine groups is 1. The summed E-state index contributed by atoms with van der Waals surface area (Å²) in [4.78, 5) is 14.3. The van der Waals surface area contributed by atoms with Gasteiger partial charge in [0.2, 0.25) is 0 Å². The highest BCUT2D eigenvalue weighted by atomic mass is 16.5. The Morgan fingerprint density at radius 2 is 2.07 bits per heavy atom. The molecule has 3 heterocycles. The van der Waals surface area contributed by atoms with Gasteiger partial charge in [-0.1, -0.05) is 13.0 Å². The van der Waals surface area contributed by atoms with Crippen molar-refractivity contribution in [3.8, 4) is 0 Å². The fourth-order valence-electron chi connectivity index (χ4n) is 4.02. The molecular weight excluding hydrogens is 364 g/mol. The van der Waals surface area contributed by atoms with E-state index in [0.29, 0.717) is 12.6 Å². The second kappa shape index (κ2) is 11.4. The van der Waals surface area contributed by atoms with Crippen molar-refractivity contribution < 1.29 is 4.74 Å². The van der Waals surface area contributed by atoms with Crippen molar-refractivity contribution in [1.29, 1.82) is 0 Å². The van der Waals surface area contributed by atoms with Crippen LogP contribution in [0.25, 0.3) is 0 Å². The molecule has 29 heavy (non-hydrogen) atoms. The Labute approximate surface area is 175 Å². The van der Waals surface area contributed by atoms with Gasteiger partial charge in [0.1, 0.15) is 5.82 Å². The molecule has 1 aromatic heterocycles. The first kappa shape index (κ1) is 21.8. The number of nitrogens with one attached hydrogen (secondary N) is 2. The van der Waals surface area contributed by atoms with Gasteiger partial charge < -0.3 is 25.2 Å². The van der Waals surface area contributed by atoms with Crippen LogP contribution in [0.1, 0.15) is 45.6 Å². The van der Waals surface area contributed by atoms with Crippen molar-refractivity contribution in [2.75, 3.05) is 50.8 Å². The molecule has 2 aliphatic rings. The fraction of sp³-hybridized carbons (Fsp3) is 0.727. The smallest absolute Gasteiger partial charge is 0.191 e. The van der Waals surface area contributed by atoms with Crippen LogP contribution in [0.15, 0.2) is 23.3 Å². The van der Waals surface area contributed by atoms with Gasteiger partial charge in [-0.25, -0.2) is 9.98 Å². The summed E-state index contributed by atoms with van der Waals surface area (Å²) in [6.45, 7) is 14.1. The van der Waals surface area contributed by atoms with Gasteiger partial charge in [0, 0.05) is 45.0 Å². The van der Waals surface area contributed by atoms with Gasteiger partial charge in [0.25, 0.3) is 0 Å². The molecule has 0 bridgehead atoms. The number of piperidine rings is 1. The maximum absolute atomic E-state index is 5.62. The molecule has 2 aliphatic heterocycles. The summed E-state index contributed by atoms with van der Waals surface area (Å²) in [7, 11) is 0. The molecule has 1 unspecified atom stereocenters. The van der Waals surface area contributed by atoms with E-state index in [1.807, 2.05) is 6.20 Å². The lowest BCUT2D eigenvalue weighted by molar-refractivity contribution is 0.0529. The highest BCUT2D eigenvalue weighted by molar-refractivity contribution is 5.80. The Bertz CT molecular complexity index is 627. The normalized spacial score (nSPS) is 22.0. The third kappa shape index (κ3) is 6.85. The number of likely N-dealkylation sites (tertiary alicyclic amines) is 1. The first-order chi connectivity index (χ1) is 14.2. The number of rotatable bonds is 7. The van der Waals surface area contributed by atoms with Crippen LogP contribution in [-0.4, -0.2) is 73.9 Å². The summed E-state index contributed by atoms with van der Waals surface area (Å²) in [5.41, 5.74) is 1.13. The molecule has 0 saturated carbocycles. The number of ether oxygens (including phenoxy) is 1. The molecule has 0 aromatic carbocycles. The summed E-state index contributed by atoms with van der Waals surface area (Å²) >= 11 is 0. The first-order valence-electron chi connectivity index (χ1n) is 11.3. The van der Waals surface area contributed by atoms with E-state index in [4.69, 9.17) is 9.73 Å². The zero-order valence-electron chi connectivity index (χ0n) is 18.4. The summed E-state index contributed by atoms with van der Waals surface area (Å²) < 4.78 is 5.62. The number of hydrogen-bond acceptors (Lipinski definition) is 5. The minimum Gasteiger partial charge on any atom is -0.375 e. The predicted octanol–water partition coefficient (Wildman–Crippen LogP) is 2.24. The topological polar surface area (TPSA) is 65.0 Å². The number of morpholine rings is 1. The van der Waals surface area contributed by atoms with E-state index >= 15 is 0 Å². The lowest BCUT2D eigenvalue weighted by Gasteiger charge is -2.32. The predicted molar refractivity (Wildman–Crippen MR) is 120 cm³/mol. The van der Waals surface area contributed by atoms with Crippen LogP contribution >= 0.6 is 0 Å². The molecule has 2 saturated heterocycles. The molecular formula is C22H38N6O. The van der Waals surface area contributed by atoms with Gasteiger partial charge in [-0.2, -0.15) is 0 Å². The van der Waals surface area contributed by atoms with Gasteiger partial charge in [-0.3, -0.25) is 0 Å². The second-order valence-corrected chi connectivity index (χ2v) is 8.11. The van der Waals surface area contributed by atoms with E-state index in [1.54, 1.807) is 0 Å². The van der Waals surface area contributed by atoms with Gasteiger partial charge in [0.15, 0.2) is 5.96 Å². The van der Waals surface area contributed by atoms with Crippen LogP contribution < -0.4 is 15.5 Å². The number of pyridine rings is 1. The maximum atomic E-state index is 5.62. The Kier molecular flexibility index (Phi) is 8.55. The van der Waals surface area contributed by atoms with Gasteiger partial charge >= 0.3 is 0 Å². The maximum Gasteiger partial charge on any atom is 0.191 e. The molecule has 162 valence electrons. The standard InChI is InChI=1S/C22H38N6O/c1-4-10-27-11-8-20(9-12-27)26-22(23-5-2)25-16-19-6-7-21(24-15-19)28-13-14-29-18(3)17-28/h6-7,15,18,20H,4-5,8-14,16-17H2,1-3H3,(H2,23,25,26). The number of anilines is 1. The van der Waals surface area contributed by atoms with Gasteiger partial charge in [-0.15, -0.1) is 0 Å². The van der Waals surface area contributed by atoms with Crippen molar-refractivity contribution in [3.63, 3.8) is 0 Å². The third-order valence-electron chi connectivity index (χ3n) is 5.61. The van der Waals surface area contributed by atoms with Crippen LogP contribution in [0, 0.1) is 0 Å². The van der Waals surface area contributed by atoms with Crippen molar-refractivity contribution in [3.05, 3.63) is 23.9 Å². The molecule has 2 N–H and O–H groups in total. The lowest BCUT2D eigenvalue weighted by atomic mass is 10.1. The number of aromatic nitrogens is 1. The second-order valence-electron chi connectivity index (χ2n) is 8.11. The Hall–Kier alpha value is -1.86. The van der Waals surface area contributed by atoms with E-state index < -0.39 is 0 Å². The highest BCUT2D eigenvalue weighted by Gasteiger charge is 2.19. The van der Waals surface area contributed by atoms with Crippen LogP contribution in [0.5, 0.6) is 0 Å². The molecule has 0 spiro atoms. The van der Waals surface area contributed by atoms with E-state index in [0.717, 1.165) is 43.6 Å². The summed E-state index contributed by atoms with van der Waals surface area (Å²) in [6, 6.07) is 4.75. The van der Waals surface area contributed by atoms with E-state index in [9.17, 15) is 0 Å². The van der Waals surface area contributed by atoms with Crippen molar-refractivity contribution in [2.24, 2.45) is 4.99 Å².